The molecule has 6 unspecified atom stereocenters. The zero-order valence-electron chi connectivity index (χ0n) is 13.6. The van der Waals surface area contributed by atoms with Gasteiger partial charge in [-0.1, -0.05) is 0 Å². The molecule has 1 saturated heterocycles. The molecule has 5 aliphatic rings. The van der Waals surface area contributed by atoms with Gasteiger partial charge in [-0.3, -0.25) is 4.90 Å². The van der Waals surface area contributed by atoms with Gasteiger partial charge < -0.3 is 24.1 Å². The number of hydrogen-bond donors (Lipinski definition) is 1. The molecule has 1 saturated carbocycles. The quantitative estimate of drug-likeness (QED) is 0.839. The van der Waals surface area contributed by atoms with Crippen LogP contribution in [0, 0.1) is 5.92 Å². The largest absolute Gasteiger partial charge is 0.454 e. The van der Waals surface area contributed by atoms with Crippen LogP contribution in [0.3, 0.4) is 0 Å². The molecule has 6 atom stereocenters. The molecule has 4 heterocycles. The van der Waals surface area contributed by atoms with E-state index in [1.807, 2.05) is 0 Å². The monoisotopic (exact) mass is 331 g/mol. The molecule has 4 aliphatic heterocycles. The minimum Gasteiger partial charge on any atom is -0.454 e. The number of nitrogens with zero attached hydrogens (tertiary/aromatic N) is 1. The fourth-order valence-electron chi connectivity index (χ4n) is 5.77. The lowest BCUT2D eigenvalue weighted by Gasteiger charge is -2.59. The SMILES string of the molecule is COC12OC3CN4CCC1CC4C(c1cc4c(cc13)OCO4)C2O. The van der Waals surface area contributed by atoms with Crippen LogP contribution in [0.5, 0.6) is 11.5 Å². The molecule has 6 heteroatoms. The number of benzene rings is 1. The molecular formula is C18H21NO5. The zero-order chi connectivity index (χ0) is 16.1. The molecule has 5 bridgehead atoms. The summed E-state index contributed by atoms with van der Waals surface area (Å²) in [7, 11) is 1.67. The van der Waals surface area contributed by atoms with Crippen molar-refractivity contribution in [3.05, 3.63) is 23.3 Å². The Balaban J connectivity index is 1.61. The van der Waals surface area contributed by atoms with Gasteiger partial charge in [0.15, 0.2) is 17.3 Å². The maximum atomic E-state index is 11.3. The van der Waals surface area contributed by atoms with Gasteiger partial charge in [0.25, 0.3) is 0 Å². The second-order valence-electron chi connectivity index (χ2n) is 7.62. The van der Waals surface area contributed by atoms with E-state index in [0.717, 1.165) is 48.6 Å². The van der Waals surface area contributed by atoms with Crippen LogP contribution in [-0.2, 0) is 9.47 Å². The number of piperidine rings is 1. The number of rotatable bonds is 1. The standard InChI is InChI=1S/C18H21NO5/c1-21-18-9-2-3-19-7-15(24-18)10-5-13-14(23-8-22-13)6-11(10)16(17(18)20)12(19)4-9/h5-6,9,12,15-17,20H,2-4,7-8H2,1H3. The molecule has 2 fully saturated rings. The first-order chi connectivity index (χ1) is 11.7. The van der Waals surface area contributed by atoms with E-state index in [2.05, 4.69) is 17.0 Å². The maximum Gasteiger partial charge on any atom is 0.231 e. The lowest BCUT2D eigenvalue weighted by Crippen LogP contribution is -2.68. The smallest absolute Gasteiger partial charge is 0.231 e. The summed E-state index contributed by atoms with van der Waals surface area (Å²) < 4.78 is 23.6. The molecule has 6 nitrogen and oxygen atoms in total. The minimum atomic E-state index is -0.899. The summed E-state index contributed by atoms with van der Waals surface area (Å²) >= 11 is 0. The van der Waals surface area contributed by atoms with Crippen molar-refractivity contribution in [1.29, 1.82) is 0 Å². The summed E-state index contributed by atoms with van der Waals surface area (Å²) in [6.45, 7) is 2.15. The summed E-state index contributed by atoms with van der Waals surface area (Å²) in [4.78, 5) is 2.50. The third-order valence-corrected chi connectivity index (χ3v) is 6.83. The predicted octanol–water partition coefficient (Wildman–Crippen LogP) is 1.38. The van der Waals surface area contributed by atoms with Crippen molar-refractivity contribution in [2.45, 2.75) is 42.8 Å². The van der Waals surface area contributed by atoms with Gasteiger partial charge in [0.05, 0.1) is 6.10 Å². The molecule has 0 radical (unpaired) electrons. The Hall–Kier alpha value is -1.34. The average molecular weight is 331 g/mol. The molecule has 0 spiro atoms. The van der Waals surface area contributed by atoms with Gasteiger partial charge in [-0.05, 0) is 42.6 Å². The number of fused-ring (bicyclic) bond motifs is 4. The number of aliphatic hydroxyl groups is 1. The van der Waals surface area contributed by atoms with Crippen molar-refractivity contribution < 1.29 is 24.1 Å². The molecule has 1 aromatic carbocycles. The van der Waals surface area contributed by atoms with E-state index in [-0.39, 0.29) is 24.7 Å². The predicted molar refractivity (Wildman–Crippen MR) is 83.0 cm³/mol. The van der Waals surface area contributed by atoms with Crippen molar-refractivity contribution in [2.24, 2.45) is 5.92 Å². The summed E-state index contributed by atoms with van der Waals surface area (Å²) in [6.07, 6.45) is 1.25. The highest BCUT2D eigenvalue weighted by molar-refractivity contribution is 5.53. The molecule has 0 aromatic heterocycles. The van der Waals surface area contributed by atoms with Crippen LogP contribution in [0.25, 0.3) is 0 Å². The molecule has 0 amide bonds. The van der Waals surface area contributed by atoms with Crippen LogP contribution in [-0.4, -0.2) is 54.9 Å². The number of ether oxygens (including phenoxy) is 4. The first-order valence-electron chi connectivity index (χ1n) is 8.80. The van der Waals surface area contributed by atoms with E-state index in [4.69, 9.17) is 18.9 Å². The van der Waals surface area contributed by atoms with Crippen LogP contribution >= 0.6 is 0 Å². The lowest BCUT2D eigenvalue weighted by atomic mass is 9.66. The summed E-state index contributed by atoms with van der Waals surface area (Å²) in [6, 6.07) is 4.46. The number of hydrogen-bond acceptors (Lipinski definition) is 6. The van der Waals surface area contributed by atoms with Gasteiger partial charge in [0.1, 0.15) is 6.10 Å². The Morgan fingerprint density at radius 3 is 2.83 bits per heavy atom. The van der Waals surface area contributed by atoms with Crippen molar-refractivity contribution in [2.75, 3.05) is 27.0 Å². The van der Waals surface area contributed by atoms with Crippen LogP contribution in [0.15, 0.2) is 12.1 Å². The molecule has 1 aliphatic carbocycles. The van der Waals surface area contributed by atoms with Gasteiger partial charge in [-0.2, -0.15) is 0 Å². The van der Waals surface area contributed by atoms with E-state index < -0.39 is 11.9 Å². The van der Waals surface area contributed by atoms with Gasteiger partial charge in [0, 0.05) is 31.5 Å². The highest BCUT2D eigenvalue weighted by atomic mass is 16.7. The number of aliphatic hydroxyl groups excluding tert-OH is 1. The Labute approximate surface area is 140 Å². The van der Waals surface area contributed by atoms with Crippen molar-refractivity contribution in [1.82, 2.24) is 4.90 Å². The molecule has 6 rings (SSSR count). The third-order valence-electron chi connectivity index (χ3n) is 6.83. The van der Waals surface area contributed by atoms with Gasteiger partial charge in [-0.15, -0.1) is 0 Å². The zero-order valence-corrected chi connectivity index (χ0v) is 13.6. The second kappa shape index (κ2) is 4.43. The fraction of sp³-hybridized carbons (Fsp3) is 0.667. The van der Waals surface area contributed by atoms with Crippen molar-refractivity contribution in [3.63, 3.8) is 0 Å². The Bertz CT molecular complexity index is 724. The average Bonchev–Trinajstić information content (AvgIpc) is 2.95. The number of methoxy groups -OCH3 is 1. The molecule has 128 valence electrons. The second-order valence-corrected chi connectivity index (χ2v) is 7.62. The fourth-order valence-corrected chi connectivity index (χ4v) is 5.77. The molecule has 1 N–H and O–H groups in total. The Morgan fingerprint density at radius 2 is 2.04 bits per heavy atom. The Kier molecular flexibility index (Phi) is 2.57. The van der Waals surface area contributed by atoms with Crippen LogP contribution in [0.2, 0.25) is 0 Å². The normalized spacial score (nSPS) is 44.5. The first kappa shape index (κ1) is 13.9. The van der Waals surface area contributed by atoms with E-state index in [9.17, 15) is 5.11 Å². The van der Waals surface area contributed by atoms with E-state index >= 15 is 0 Å². The van der Waals surface area contributed by atoms with Crippen molar-refractivity contribution in [3.8, 4) is 11.5 Å². The highest BCUT2D eigenvalue weighted by Gasteiger charge is 2.64. The van der Waals surface area contributed by atoms with Crippen LogP contribution in [0.4, 0.5) is 0 Å². The summed E-state index contributed by atoms with van der Waals surface area (Å²) in [5.74, 6) is 0.878. The molecule has 24 heavy (non-hydrogen) atoms. The van der Waals surface area contributed by atoms with E-state index in [1.165, 1.54) is 0 Å². The van der Waals surface area contributed by atoms with Gasteiger partial charge >= 0.3 is 0 Å². The third kappa shape index (κ3) is 1.47. The van der Waals surface area contributed by atoms with Gasteiger partial charge in [-0.25, -0.2) is 0 Å². The van der Waals surface area contributed by atoms with E-state index in [0.29, 0.717) is 6.04 Å². The minimum absolute atomic E-state index is 0.0153. The maximum absolute atomic E-state index is 11.3. The van der Waals surface area contributed by atoms with Crippen molar-refractivity contribution >= 4 is 0 Å². The van der Waals surface area contributed by atoms with E-state index in [1.54, 1.807) is 7.11 Å². The van der Waals surface area contributed by atoms with Crippen LogP contribution < -0.4 is 9.47 Å². The summed E-state index contributed by atoms with van der Waals surface area (Å²) in [5.41, 5.74) is 2.26. The molecule has 1 aromatic rings. The topological polar surface area (TPSA) is 60.4 Å². The lowest BCUT2D eigenvalue weighted by molar-refractivity contribution is -0.355. The van der Waals surface area contributed by atoms with Gasteiger partial charge in [0.2, 0.25) is 6.79 Å². The summed E-state index contributed by atoms with van der Waals surface area (Å²) in [5, 5.41) is 11.3. The highest BCUT2D eigenvalue weighted by Crippen LogP contribution is 2.59. The van der Waals surface area contributed by atoms with Crippen LogP contribution in [0.1, 0.15) is 36.0 Å². The molecular weight excluding hydrogens is 310 g/mol. The first-order valence-corrected chi connectivity index (χ1v) is 8.80. The Morgan fingerprint density at radius 1 is 1.25 bits per heavy atom.